The monoisotopic (exact) mass is 298 g/mol. The van der Waals surface area contributed by atoms with Crippen LogP contribution in [0.1, 0.15) is 26.3 Å². The Kier molecular flexibility index (Phi) is 6.80. The number of rotatable bonds is 5. The molecule has 1 heterocycles. The van der Waals surface area contributed by atoms with E-state index in [0.717, 1.165) is 32.0 Å². The number of likely N-dealkylation sites (tertiary alicyclic amines) is 1. The quantitative estimate of drug-likeness (QED) is 0.908. The third kappa shape index (κ3) is 4.97. The second kappa shape index (κ2) is 7.87. The minimum Gasteiger partial charge on any atom is -0.493 e. The Bertz CT molecular complexity index is 401. The highest BCUT2D eigenvalue weighted by Gasteiger charge is 2.26. The molecule has 2 N–H and O–H groups in total. The SMILES string of the molecule is CC(C)COc1cccc(CN2CC(C)C(N)C2)c1.Cl. The van der Waals surface area contributed by atoms with Crippen LogP contribution in [0.4, 0.5) is 0 Å². The Balaban J connectivity index is 0.00000200. The van der Waals surface area contributed by atoms with E-state index >= 15 is 0 Å². The lowest BCUT2D eigenvalue weighted by Crippen LogP contribution is -2.28. The zero-order valence-electron chi connectivity index (χ0n) is 12.7. The molecule has 2 atom stereocenters. The van der Waals surface area contributed by atoms with Crippen LogP contribution < -0.4 is 10.5 Å². The Morgan fingerprint density at radius 2 is 2.10 bits per heavy atom. The van der Waals surface area contributed by atoms with Crippen LogP contribution in [-0.2, 0) is 6.54 Å². The third-order valence-corrected chi connectivity index (χ3v) is 3.63. The zero-order valence-corrected chi connectivity index (χ0v) is 13.5. The van der Waals surface area contributed by atoms with E-state index in [9.17, 15) is 0 Å². The first-order chi connectivity index (χ1) is 9.04. The summed E-state index contributed by atoms with van der Waals surface area (Å²) in [6.45, 7) is 10.4. The van der Waals surface area contributed by atoms with Gasteiger partial charge in [0.05, 0.1) is 6.61 Å². The molecule has 2 unspecified atom stereocenters. The third-order valence-electron chi connectivity index (χ3n) is 3.63. The second-order valence-corrected chi connectivity index (χ2v) is 6.19. The number of nitrogens with zero attached hydrogens (tertiary/aromatic N) is 1. The summed E-state index contributed by atoms with van der Waals surface area (Å²) in [4.78, 5) is 2.43. The van der Waals surface area contributed by atoms with Gasteiger partial charge in [0.25, 0.3) is 0 Å². The maximum Gasteiger partial charge on any atom is 0.119 e. The van der Waals surface area contributed by atoms with Gasteiger partial charge in [-0.3, -0.25) is 4.90 Å². The van der Waals surface area contributed by atoms with Crippen molar-refractivity contribution in [1.82, 2.24) is 4.90 Å². The fraction of sp³-hybridized carbons (Fsp3) is 0.625. The fourth-order valence-corrected chi connectivity index (χ4v) is 2.48. The summed E-state index contributed by atoms with van der Waals surface area (Å²) < 4.78 is 5.77. The summed E-state index contributed by atoms with van der Waals surface area (Å²) in [6.07, 6.45) is 0. The van der Waals surface area contributed by atoms with Crippen molar-refractivity contribution < 1.29 is 4.74 Å². The molecule has 1 saturated heterocycles. The molecule has 2 rings (SSSR count). The predicted octanol–water partition coefficient (Wildman–Crippen LogP) is 2.92. The molecule has 0 spiro atoms. The van der Waals surface area contributed by atoms with E-state index in [1.54, 1.807) is 0 Å². The van der Waals surface area contributed by atoms with E-state index in [1.165, 1.54) is 5.56 Å². The molecular formula is C16H27ClN2O. The van der Waals surface area contributed by atoms with E-state index in [4.69, 9.17) is 10.5 Å². The van der Waals surface area contributed by atoms with Crippen LogP contribution in [0.2, 0.25) is 0 Å². The molecule has 0 radical (unpaired) electrons. The van der Waals surface area contributed by atoms with Crippen molar-refractivity contribution >= 4 is 12.4 Å². The van der Waals surface area contributed by atoms with Gasteiger partial charge in [0.15, 0.2) is 0 Å². The smallest absolute Gasteiger partial charge is 0.119 e. The molecule has 114 valence electrons. The summed E-state index contributed by atoms with van der Waals surface area (Å²) in [5.74, 6) is 2.13. The van der Waals surface area contributed by atoms with Gasteiger partial charge in [0, 0.05) is 25.7 Å². The molecule has 1 aromatic rings. The highest BCUT2D eigenvalue weighted by Crippen LogP contribution is 2.20. The van der Waals surface area contributed by atoms with E-state index in [0.29, 0.717) is 17.9 Å². The van der Waals surface area contributed by atoms with Gasteiger partial charge >= 0.3 is 0 Å². The Morgan fingerprint density at radius 1 is 1.35 bits per heavy atom. The lowest BCUT2D eigenvalue weighted by molar-refractivity contribution is 0.269. The van der Waals surface area contributed by atoms with Crippen LogP contribution in [-0.4, -0.2) is 30.6 Å². The van der Waals surface area contributed by atoms with Crippen LogP contribution in [0.15, 0.2) is 24.3 Å². The topological polar surface area (TPSA) is 38.5 Å². The van der Waals surface area contributed by atoms with Crippen molar-refractivity contribution in [3.63, 3.8) is 0 Å². The summed E-state index contributed by atoms with van der Waals surface area (Å²) in [7, 11) is 0. The van der Waals surface area contributed by atoms with Gasteiger partial charge in [-0.1, -0.05) is 32.9 Å². The Labute approximate surface area is 128 Å². The molecule has 0 bridgehead atoms. The summed E-state index contributed by atoms with van der Waals surface area (Å²) >= 11 is 0. The molecule has 4 heteroatoms. The fourth-order valence-electron chi connectivity index (χ4n) is 2.48. The first-order valence-electron chi connectivity index (χ1n) is 7.24. The molecule has 0 amide bonds. The molecule has 0 saturated carbocycles. The lowest BCUT2D eigenvalue weighted by atomic mass is 10.1. The normalized spacial score (nSPS) is 22.9. The van der Waals surface area contributed by atoms with E-state index in [-0.39, 0.29) is 12.4 Å². The van der Waals surface area contributed by atoms with Crippen LogP contribution in [0.25, 0.3) is 0 Å². The van der Waals surface area contributed by atoms with Crippen molar-refractivity contribution in [2.45, 2.75) is 33.4 Å². The average Bonchev–Trinajstić information content (AvgIpc) is 2.66. The summed E-state index contributed by atoms with van der Waals surface area (Å²) in [5, 5.41) is 0. The molecular weight excluding hydrogens is 272 g/mol. The van der Waals surface area contributed by atoms with Crippen molar-refractivity contribution in [2.75, 3.05) is 19.7 Å². The highest BCUT2D eigenvalue weighted by molar-refractivity contribution is 5.85. The standard InChI is InChI=1S/C16H26N2O.ClH/c1-12(2)11-19-15-6-4-5-14(7-15)9-18-8-13(3)16(17)10-18;/h4-7,12-13,16H,8-11,17H2,1-3H3;1H. The first kappa shape index (κ1) is 17.3. The maximum absolute atomic E-state index is 6.07. The van der Waals surface area contributed by atoms with Crippen LogP contribution in [0.3, 0.4) is 0 Å². The minimum atomic E-state index is 0. The molecule has 1 aliphatic heterocycles. The van der Waals surface area contributed by atoms with Crippen molar-refractivity contribution in [3.8, 4) is 5.75 Å². The number of ether oxygens (including phenoxy) is 1. The molecule has 0 aliphatic carbocycles. The van der Waals surface area contributed by atoms with Crippen LogP contribution in [0.5, 0.6) is 5.75 Å². The van der Waals surface area contributed by atoms with E-state index in [2.05, 4.69) is 43.9 Å². The summed E-state index contributed by atoms with van der Waals surface area (Å²) in [6, 6.07) is 8.74. The van der Waals surface area contributed by atoms with Gasteiger partial charge in [-0.15, -0.1) is 12.4 Å². The molecule has 1 fully saturated rings. The summed E-state index contributed by atoms with van der Waals surface area (Å²) in [5.41, 5.74) is 7.37. The van der Waals surface area contributed by atoms with E-state index < -0.39 is 0 Å². The number of hydrogen-bond donors (Lipinski definition) is 1. The Morgan fingerprint density at radius 3 is 2.70 bits per heavy atom. The van der Waals surface area contributed by atoms with Crippen molar-refractivity contribution in [1.29, 1.82) is 0 Å². The van der Waals surface area contributed by atoms with E-state index in [1.807, 2.05) is 6.07 Å². The number of halogens is 1. The van der Waals surface area contributed by atoms with Gasteiger partial charge in [0.1, 0.15) is 5.75 Å². The highest BCUT2D eigenvalue weighted by atomic mass is 35.5. The lowest BCUT2D eigenvalue weighted by Gasteiger charge is -2.16. The zero-order chi connectivity index (χ0) is 13.8. The number of benzene rings is 1. The van der Waals surface area contributed by atoms with Crippen LogP contribution in [0, 0.1) is 11.8 Å². The average molecular weight is 299 g/mol. The van der Waals surface area contributed by atoms with Crippen LogP contribution >= 0.6 is 12.4 Å². The molecule has 0 aromatic heterocycles. The van der Waals surface area contributed by atoms with Gasteiger partial charge < -0.3 is 10.5 Å². The van der Waals surface area contributed by atoms with Gasteiger partial charge in [-0.05, 0) is 29.5 Å². The van der Waals surface area contributed by atoms with Crippen molar-refractivity contribution in [2.24, 2.45) is 17.6 Å². The number of nitrogens with two attached hydrogens (primary N) is 1. The number of hydrogen-bond acceptors (Lipinski definition) is 3. The molecule has 1 aromatic carbocycles. The van der Waals surface area contributed by atoms with Gasteiger partial charge in [-0.2, -0.15) is 0 Å². The molecule has 3 nitrogen and oxygen atoms in total. The van der Waals surface area contributed by atoms with Gasteiger partial charge in [0.2, 0.25) is 0 Å². The molecule has 1 aliphatic rings. The largest absolute Gasteiger partial charge is 0.493 e. The molecule has 20 heavy (non-hydrogen) atoms. The van der Waals surface area contributed by atoms with Crippen molar-refractivity contribution in [3.05, 3.63) is 29.8 Å². The first-order valence-corrected chi connectivity index (χ1v) is 7.24. The second-order valence-electron chi connectivity index (χ2n) is 6.19. The van der Waals surface area contributed by atoms with Gasteiger partial charge in [-0.25, -0.2) is 0 Å². The predicted molar refractivity (Wildman–Crippen MR) is 86.4 cm³/mol. The minimum absolute atomic E-state index is 0. The Hall–Kier alpha value is -0.770. The maximum atomic E-state index is 6.07.